The van der Waals surface area contributed by atoms with Crippen molar-refractivity contribution in [2.75, 3.05) is 13.2 Å². The van der Waals surface area contributed by atoms with E-state index in [9.17, 15) is 18.8 Å². The van der Waals surface area contributed by atoms with Crippen molar-refractivity contribution in [3.05, 3.63) is 40.3 Å². The molecule has 0 radical (unpaired) electrons. The lowest BCUT2D eigenvalue weighted by Gasteiger charge is -2.28. The lowest BCUT2D eigenvalue weighted by Crippen LogP contribution is -2.51. The number of amides is 2. The van der Waals surface area contributed by atoms with Crippen LogP contribution in [0.1, 0.15) is 55.5 Å². The molecule has 28 heavy (non-hydrogen) atoms. The molecular weight excluding hydrogens is 367 g/mol. The van der Waals surface area contributed by atoms with Crippen LogP contribution in [0.4, 0.5) is 9.18 Å². The highest BCUT2D eigenvalue weighted by atomic mass is 19.1. The van der Waals surface area contributed by atoms with E-state index in [-0.39, 0.29) is 53.9 Å². The van der Waals surface area contributed by atoms with Gasteiger partial charge in [0.05, 0.1) is 29.5 Å². The number of benzene rings is 1. The summed E-state index contributed by atoms with van der Waals surface area (Å²) >= 11 is 0. The summed E-state index contributed by atoms with van der Waals surface area (Å²) in [5.74, 6) is -1.15. The van der Waals surface area contributed by atoms with Crippen molar-refractivity contribution in [1.29, 1.82) is 0 Å². The van der Waals surface area contributed by atoms with Crippen LogP contribution >= 0.6 is 0 Å². The van der Waals surface area contributed by atoms with Gasteiger partial charge in [0.25, 0.3) is 0 Å². The highest BCUT2D eigenvalue weighted by Gasteiger charge is 2.34. The van der Waals surface area contributed by atoms with Crippen LogP contribution in [0.15, 0.2) is 23.4 Å². The van der Waals surface area contributed by atoms with E-state index in [1.807, 2.05) is 6.92 Å². The van der Waals surface area contributed by atoms with Gasteiger partial charge in [-0.05, 0) is 31.4 Å². The summed E-state index contributed by atoms with van der Waals surface area (Å²) in [7, 11) is 0. The Morgan fingerprint density at radius 3 is 2.71 bits per heavy atom. The fourth-order valence-corrected chi connectivity index (χ4v) is 3.67. The third kappa shape index (κ3) is 3.58. The number of esters is 1. The number of carbonyl (C=O) groups is 3. The first kappa shape index (κ1) is 19.9. The average molecular weight is 390 g/mol. The maximum atomic E-state index is 14.1. The van der Waals surface area contributed by atoms with Gasteiger partial charge in [-0.3, -0.25) is 4.79 Å². The molecule has 0 saturated heterocycles. The first-order chi connectivity index (χ1) is 13.4. The monoisotopic (exact) mass is 390 g/mol. The predicted octanol–water partition coefficient (Wildman–Crippen LogP) is 2.80. The van der Waals surface area contributed by atoms with E-state index >= 15 is 0 Å². The summed E-state index contributed by atoms with van der Waals surface area (Å²) in [4.78, 5) is 36.6. The van der Waals surface area contributed by atoms with Gasteiger partial charge in [0.1, 0.15) is 18.2 Å². The number of Topliss-reactive ketones (excluding diaryl/α,β-unsaturated/α-hetero) is 1. The van der Waals surface area contributed by atoms with E-state index in [0.29, 0.717) is 12.0 Å². The minimum atomic E-state index is -0.547. The number of halogens is 1. The van der Waals surface area contributed by atoms with E-state index in [1.54, 1.807) is 13.8 Å². The molecule has 2 atom stereocenters. The van der Waals surface area contributed by atoms with Crippen LogP contribution in [0, 0.1) is 5.82 Å². The topological polar surface area (TPSA) is 93.7 Å². The Morgan fingerprint density at radius 2 is 2.04 bits per heavy atom. The van der Waals surface area contributed by atoms with Gasteiger partial charge in [0, 0.05) is 12.0 Å². The van der Waals surface area contributed by atoms with E-state index in [1.165, 1.54) is 12.1 Å². The highest BCUT2D eigenvalue weighted by Crippen LogP contribution is 2.39. The van der Waals surface area contributed by atoms with Crippen LogP contribution < -0.4 is 15.4 Å². The number of fused-ring (bicyclic) bond motifs is 1. The number of nitrogens with one attached hydrogen (secondary N) is 2. The quantitative estimate of drug-likeness (QED) is 0.729. The smallest absolute Gasteiger partial charge is 0.338 e. The van der Waals surface area contributed by atoms with E-state index in [2.05, 4.69) is 10.6 Å². The van der Waals surface area contributed by atoms with Crippen molar-refractivity contribution in [2.45, 2.75) is 45.6 Å². The number of rotatable bonds is 6. The zero-order valence-corrected chi connectivity index (χ0v) is 16.1. The van der Waals surface area contributed by atoms with Crippen LogP contribution in [0.2, 0.25) is 0 Å². The molecule has 1 aliphatic heterocycles. The van der Waals surface area contributed by atoms with Crippen molar-refractivity contribution in [3.63, 3.8) is 0 Å². The number of hydrogen-bond acceptors (Lipinski definition) is 5. The molecule has 0 saturated carbocycles. The molecule has 8 heteroatoms. The second-order valence-electron chi connectivity index (χ2n) is 6.82. The largest absolute Gasteiger partial charge is 0.487 e. The van der Waals surface area contributed by atoms with Crippen molar-refractivity contribution in [3.8, 4) is 5.75 Å². The van der Waals surface area contributed by atoms with Crippen LogP contribution in [0.3, 0.4) is 0 Å². The molecule has 0 aromatic heterocycles. The molecule has 150 valence electrons. The third-order valence-electron chi connectivity index (χ3n) is 4.94. The van der Waals surface area contributed by atoms with Crippen LogP contribution in [-0.4, -0.2) is 37.0 Å². The summed E-state index contributed by atoms with van der Waals surface area (Å²) in [6.07, 6.45) is 0.717. The molecular formula is C20H23FN2O5. The molecule has 0 bridgehead atoms. The minimum absolute atomic E-state index is 0.155. The van der Waals surface area contributed by atoms with Gasteiger partial charge in [0.15, 0.2) is 5.78 Å². The van der Waals surface area contributed by atoms with E-state index < -0.39 is 23.9 Å². The van der Waals surface area contributed by atoms with Gasteiger partial charge >= 0.3 is 12.0 Å². The second-order valence-corrected chi connectivity index (χ2v) is 6.82. The van der Waals surface area contributed by atoms with Crippen molar-refractivity contribution >= 4 is 17.8 Å². The van der Waals surface area contributed by atoms with Crippen LogP contribution in [-0.2, 0) is 9.53 Å². The zero-order chi connectivity index (χ0) is 20.4. The van der Waals surface area contributed by atoms with E-state index in [0.717, 1.165) is 0 Å². The SMILES string of the molecule is CCOC(=O)C1=C(COc2ccc(F)c3c2C(=O)C[C@H]3C)NC(=O)N[C@@H]1CC. The number of hydrogen-bond donors (Lipinski definition) is 2. The lowest BCUT2D eigenvalue weighted by molar-refractivity contribution is -0.139. The van der Waals surface area contributed by atoms with Crippen molar-refractivity contribution in [1.82, 2.24) is 10.6 Å². The molecule has 2 N–H and O–H groups in total. The number of urea groups is 1. The van der Waals surface area contributed by atoms with Gasteiger partial charge in [-0.15, -0.1) is 0 Å². The third-order valence-corrected chi connectivity index (χ3v) is 4.94. The molecule has 0 spiro atoms. The fourth-order valence-electron chi connectivity index (χ4n) is 3.67. The Labute approximate surface area is 162 Å². The van der Waals surface area contributed by atoms with Crippen molar-refractivity contribution < 1.29 is 28.2 Å². The fraction of sp³-hybridized carbons (Fsp3) is 0.450. The Hall–Kier alpha value is -2.90. The molecule has 7 nitrogen and oxygen atoms in total. The Morgan fingerprint density at radius 1 is 1.29 bits per heavy atom. The summed E-state index contributed by atoms with van der Waals surface area (Å²) in [5.41, 5.74) is 1.13. The van der Waals surface area contributed by atoms with Crippen LogP contribution in [0.25, 0.3) is 0 Å². The molecule has 1 aromatic rings. The highest BCUT2D eigenvalue weighted by molar-refractivity contribution is 6.03. The van der Waals surface area contributed by atoms with Gasteiger partial charge in [-0.2, -0.15) is 0 Å². The zero-order valence-electron chi connectivity index (χ0n) is 16.1. The normalized spacial score (nSPS) is 21.1. The van der Waals surface area contributed by atoms with Crippen molar-refractivity contribution in [2.24, 2.45) is 0 Å². The molecule has 0 fully saturated rings. The lowest BCUT2D eigenvalue weighted by atomic mass is 10.0. The number of ether oxygens (including phenoxy) is 2. The first-order valence-electron chi connectivity index (χ1n) is 9.33. The van der Waals surface area contributed by atoms with E-state index in [4.69, 9.17) is 9.47 Å². The van der Waals surface area contributed by atoms with Crippen LogP contribution in [0.5, 0.6) is 5.75 Å². The minimum Gasteiger partial charge on any atom is -0.487 e. The predicted molar refractivity (Wildman–Crippen MR) is 98.7 cm³/mol. The van der Waals surface area contributed by atoms with Gasteiger partial charge in [0.2, 0.25) is 0 Å². The van der Waals surface area contributed by atoms with Gasteiger partial charge < -0.3 is 20.1 Å². The molecule has 2 aliphatic rings. The molecule has 2 amide bonds. The average Bonchev–Trinajstić information content (AvgIpc) is 2.96. The molecule has 1 aromatic carbocycles. The molecule has 1 heterocycles. The summed E-state index contributed by atoms with van der Waals surface area (Å²) in [6.45, 7) is 5.35. The maximum absolute atomic E-state index is 14.1. The second kappa shape index (κ2) is 8.00. The molecule has 0 unspecified atom stereocenters. The first-order valence-corrected chi connectivity index (χ1v) is 9.33. The standard InChI is InChI=1S/C20H23FN2O5/c1-4-12-17(19(25)27-5-2)13(23-20(26)22-12)9-28-15-7-6-11(21)16-10(3)8-14(24)18(15)16/h6-7,10,12H,4-5,8-9H2,1-3H3,(H2,22,23,26)/t10-,12-/m1/s1. The number of ketones is 1. The van der Waals surface area contributed by atoms with Gasteiger partial charge in [-0.25, -0.2) is 14.0 Å². The Kier molecular flexibility index (Phi) is 5.67. The maximum Gasteiger partial charge on any atom is 0.338 e. The Balaban J connectivity index is 1.93. The summed E-state index contributed by atoms with van der Waals surface area (Å²) in [6, 6.07) is 1.70. The van der Waals surface area contributed by atoms with Gasteiger partial charge in [-0.1, -0.05) is 13.8 Å². The number of carbonyl (C=O) groups excluding carboxylic acids is 3. The molecule has 3 rings (SSSR count). The molecule has 1 aliphatic carbocycles. The summed E-state index contributed by atoms with van der Waals surface area (Å²) < 4.78 is 25.0. The summed E-state index contributed by atoms with van der Waals surface area (Å²) in [5, 5.41) is 5.26. The Bertz CT molecular complexity index is 864.